The molecule has 1 aromatic carbocycles. The minimum Gasteiger partial charge on any atom is -0.466 e. The molecule has 4 heteroatoms. The fourth-order valence-electron chi connectivity index (χ4n) is 2.46. The van der Waals surface area contributed by atoms with Crippen molar-refractivity contribution in [2.45, 2.75) is 19.8 Å². The molecule has 0 aliphatic carbocycles. The van der Waals surface area contributed by atoms with E-state index in [1.807, 2.05) is 25.1 Å². The Kier molecular flexibility index (Phi) is 4.55. The van der Waals surface area contributed by atoms with Gasteiger partial charge in [0.25, 0.3) is 0 Å². The molecule has 102 valence electrons. The number of hydrogen-bond acceptors (Lipinski definition) is 4. The highest BCUT2D eigenvalue weighted by Gasteiger charge is 2.26. The Labute approximate surface area is 113 Å². The zero-order valence-electron chi connectivity index (χ0n) is 11.2. The summed E-state index contributed by atoms with van der Waals surface area (Å²) in [5.41, 5.74) is 1.66. The number of carbonyl (C=O) groups excluding carboxylic acids is 2. The van der Waals surface area contributed by atoms with Crippen LogP contribution < -0.4 is 4.90 Å². The summed E-state index contributed by atoms with van der Waals surface area (Å²) in [5, 5.41) is 0. The lowest BCUT2D eigenvalue weighted by Crippen LogP contribution is -2.39. The van der Waals surface area contributed by atoms with Crippen molar-refractivity contribution in [1.29, 1.82) is 0 Å². The highest BCUT2D eigenvalue weighted by Crippen LogP contribution is 2.24. The quantitative estimate of drug-likeness (QED) is 0.616. The molecule has 0 N–H and O–H groups in total. The number of hydrogen-bond donors (Lipinski definition) is 0. The van der Waals surface area contributed by atoms with Crippen molar-refractivity contribution >= 4 is 17.9 Å². The number of nitrogens with zero attached hydrogens (tertiary/aromatic N) is 1. The first-order valence-electron chi connectivity index (χ1n) is 6.71. The summed E-state index contributed by atoms with van der Waals surface area (Å²) in [7, 11) is 0. The Morgan fingerprint density at radius 1 is 1.53 bits per heavy atom. The van der Waals surface area contributed by atoms with Crippen LogP contribution in [0.25, 0.3) is 0 Å². The lowest BCUT2D eigenvalue weighted by Gasteiger charge is -2.33. The fraction of sp³-hybridized carbons (Fsp3) is 0.467. The number of piperidine rings is 1. The maximum Gasteiger partial charge on any atom is 0.310 e. The molecule has 1 aliphatic heterocycles. The number of rotatable bonds is 4. The summed E-state index contributed by atoms with van der Waals surface area (Å²) >= 11 is 0. The van der Waals surface area contributed by atoms with Crippen molar-refractivity contribution < 1.29 is 14.3 Å². The Morgan fingerprint density at radius 3 is 3.11 bits per heavy atom. The normalized spacial score (nSPS) is 19.0. The second-order valence-corrected chi connectivity index (χ2v) is 4.75. The zero-order valence-corrected chi connectivity index (χ0v) is 11.2. The first-order chi connectivity index (χ1) is 9.24. The second-order valence-electron chi connectivity index (χ2n) is 4.75. The van der Waals surface area contributed by atoms with Crippen LogP contribution in [0.15, 0.2) is 24.3 Å². The minimum atomic E-state index is -0.112. The first kappa shape index (κ1) is 13.6. The molecule has 0 aromatic heterocycles. The van der Waals surface area contributed by atoms with Gasteiger partial charge in [-0.15, -0.1) is 0 Å². The van der Waals surface area contributed by atoms with Gasteiger partial charge in [-0.2, -0.15) is 0 Å². The van der Waals surface area contributed by atoms with E-state index < -0.39 is 0 Å². The molecule has 0 radical (unpaired) electrons. The van der Waals surface area contributed by atoms with Crippen LogP contribution >= 0.6 is 0 Å². The number of carbonyl (C=O) groups is 2. The number of anilines is 1. The Morgan fingerprint density at radius 2 is 2.37 bits per heavy atom. The molecule has 1 aromatic rings. The van der Waals surface area contributed by atoms with Crippen LogP contribution in [0, 0.1) is 5.92 Å². The van der Waals surface area contributed by atoms with Crippen molar-refractivity contribution in [3.8, 4) is 0 Å². The predicted octanol–water partition coefficient (Wildman–Crippen LogP) is 2.28. The van der Waals surface area contributed by atoms with Crippen LogP contribution in [0.2, 0.25) is 0 Å². The summed E-state index contributed by atoms with van der Waals surface area (Å²) in [6.45, 7) is 3.83. The topological polar surface area (TPSA) is 46.6 Å². The van der Waals surface area contributed by atoms with Crippen molar-refractivity contribution in [2.24, 2.45) is 5.92 Å². The van der Waals surface area contributed by atoms with E-state index in [0.29, 0.717) is 18.7 Å². The van der Waals surface area contributed by atoms with Crippen LogP contribution in [0.5, 0.6) is 0 Å². The van der Waals surface area contributed by atoms with E-state index in [0.717, 1.165) is 31.4 Å². The van der Waals surface area contributed by atoms with E-state index in [1.54, 1.807) is 6.07 Å². The summed E-state index contributed by atoms with van der Waals surface area (Å²) in [5.74, 6) is -0.174. The fourth-order valence-corrected chi connectivity index (χ4v) is 2.46. The van der Waals surface area contributed by atoms with Gasteiger partial charge in [0, 0.05) is 24.3 Å². The standard InChI is InChI=1S/C15H19NO3/c1-2-19-15(18)13-6-4-8-16(10-13)14-7-3-5-12(9-14)11-17/h3,5,7,9,11,13H,2,4,6,8,10H2,1H3/t13-/m1/s1. The van der Waals surface area contributed by atoms with E-state index in [4.69, 9.17) is 4.74 Å². The molecule has 1 fully saturated rings. The van der Waals surface area contributed by atoms with Crippen molar-refractivity contribution in [2.75, 3.05) is 24.6 Å². The van der Waals surface area contributed by atoms with Gasteiger partial charge in [0.05, 0.1) is 12.5 Å². The van der Waals surface area contributed by atoms with Gasteiger partial charge in [-0.1, -0.05) is 12.1 Å². The van der Waals surface area contributed by atoms with Gasteiger partial charge in [-0.3, -0.25) is 9.59 Å². The highest BCUT2D eigenvalue weighted by molar-refractivity contribution is 5.77. The minimum absolute atomic E-state index is 0.0615. The van der Waals surface area contributed by atoms with Crippen molar-refractivity contribution in [3.63, 3.8) is 0 Å². The van der Waals surface area contributed by atoms with E-state index in [2.05, 4.69) is 4.90 Å². The average molecular weight is 261 g/mol. The SMILES string of the molecule is CCOC(=O)[C@@H]1CCCN(c2cccc(C=O)c2)C1. The third-order valence-corrected chi connectivity index (χ3v) is 3.41. The van der Waals surface area contributed by atoms with Gasteiger partial charge >= 0.3 is 5.97 Å². The van der Waals surface area contributed by atoms with Gasteiger partial charge in [-0.25, -0.2) is 0 Å². The highest BCUT2D eigenvalue weighted by atomic mass is 16.5. The molecule has 0 saturated carbocycles. The predicted molar refractivity (Wildman–Crippen MR) is 73.4 cm³/mol. The molecule has 4 nitrogen and oxygen atoms in total. The number of benzene rings is 1. The molecule has 1 aliphatic rings. The van der Waals surface area contributed by atoms with Crippen LogP contribution in [0.1, 0.15) is 30.1 Å². The lowest BCUT2D eigenvalue weighted by molar-refractivity contribution is -0.148. The average Bonchev–Trinajstić information content (AvgIpc) is 2.48. The molecule has 0 amide bonds. The summed E-state index contributed by atoms with van der Waals surface area (Å²) in [6, 6.07) is 7.48. The van der Waals surface area contributed by atoms with Gasteiger partial charge in [0.2, 0.25) is 0 Å². The van der Waals surface area contributed by atoms with Gasteiger partial charge < -0.3 is 9.64 Å². The van der Waals surface area contributed by atoms with E-state index in [1.165, 1.54) is 0 Å². The largest absolute Gasteiger partial charge is 0.466 e. The summed E-state index contributed by atoms with van der Waals surface area (Å²) in [4.78, 5) is 24.8. The smallest absolute Gasteiger partial charge is 0.310 e. The lowest BCUT2D eigenvalue weighted by atomic mass is 9.97. The number of aldehydes is 1. The van der Waals surface area contributed by atoms with Gasteiger partial charge in [0.15, 0.2) is 0 Å². The molecule has 1 atom stereocenters. The molecule has 19 heavy (non-hydrogen) atoms. The first-order valence-corrected chi connectivity index (χ1v) is 6.71. The van der Waals surface area contributed by atoms with Crippen LogP contribution in [-0.2, 0) is 9.53 Å². The third kappa shape index (κ3) is 3.34. The molecule has 1 saturated heterocycles. The third-order valence-electron chi connectivity index (χ3n) is 3.41. The molecule has 2 rings (SSSR count). The van der Waals surface area contributed by atoms with Gasteiger partial charge in [-0.05, 0) is 31.9 Å². The molecule has 0 spiro atoms. The summed E-state index contributed by atoms with van der Waals surface area (Å²) < 4.78 is 5.09. The monoisotopic (exact) mass is 261 g/mol. The Bertz CT molecular complexity index is 458. The van der Waals surface area contributed by atoms with Gasteiger partial charge in [0.1, 0.15) is 6.29 Å². The molecule has 0 unspecified atom stereocenters. The second kappa shape index (κ2) is 6.36. The van der Waals surface area contributed by atoms with Crippen molar-refractivity contribution in [3.05, 3.63) is 29.8 Å². The van der Waals surface area contributed by atoms with Crippen LogP contribution in [0.4, 0.5) is 5.69 Å². The number of esters is 1. The summed E-state index contributed by atoms with van der Waals surface area (Å²) in [6.07, 6.45) is 2.69. The Hall–Kier alpha value is -1.84. The number of ether oxygens (including phenoxy) is 1. The van der Waals surface area contributed by atoms with Crippen molar-refractivity contribution in [1.82, 2.24) is 0 Å². The van der Waals surface area contributed by atoms with E-state index in [-0.39, 0.29) is 11.9 Å². The van der Waals surface area contributed by atoms with Crippen LogP contribution in [-0.4, -0.2) is 32.0 Å². The maximum absolute atomic E-state index is 11.8. The molecule has 0 bridgehead atoms. The molecular weight excluding hydrogens is 242 g/mol. The molecular formula is C15H19NO3. The molecule has 1 heterocycles. The maximum atomic E-state index is 11.8. The zero-order chi connectivity index (χ0) is 13.7. The van der Waals surface area contributed by atoms with E-state index >= 15 is 0 Å². The Balaban J connectivity index is 2.07. The van der Waals surface area contributed by atoms with E-state index in [9.17, 15) is 9.59 Å². The van der Waals surface area contributed by atoms with Crippen LogP contribution in [0.3, 0.4) is 0 Å².